The fraction of sp³-hybridized carbons (Fsp3) is 0.200. The maximum Gasteiger partial charge on any atom is 0.340 e. The zero-order valence-corrected chi connectivity index (χ0v) is 15.2. The van der Waals surface area contributed by atoms with Crippen molar-refractivity contribution in [2.75, 3.05) is 36.0 Å². The van der Waals surface area contributed by atoms with Crippen LogP contribution in [0.25, 0.3) is 10.1 Å². The summed E-state index contributed by atoms with van der Waals surface area (Å²) in [7, 11) is 0. The summed E-state index contributed by atoms with van der Waals surface area (Å²) in [4.78, 5) is 27.6. The molecule has 4 rings (SSSR count). The number of carboxylic acids is 1. The van der Waals surface area contributed by atoms with Gasteiger partial charge < -0.3 is 14.9 Å². The molecule has 5 nitrogen and oxygen atoms in total. The Morgan fingerprint density at radius 1 is 1.04 bits per heavy atom. The Kier molecular flexibility index (Phi) is 4.53. The van der Waals surface area contributed by atoms with Crippen molar-refractivity contribution < 1.29 is 14.3 Å². The van der Waals surface area contributed by atoms with E-state index in [1.54, 1.807) is 6.07 Å². The van der Waals surface area contributed by atoms with Crippen LogP contribution in [0.5, 0.6) is 0 Å². The van der Waals surface area contributed by atoms with Crippen molar-refractivity contribution in [3.05, 3.63) is 69.4 Å². The van der Waals surface area contributed by atoms with E-state index in [9.17, 15) is 14.0 Å². The van der Waals surface area contributed by atoms with Crippen molar-refractivity contribution in [1.29, 1.82) is 0 Å². The summed E-state index contributed by atoms with van der Waals surface area (Å²) in [5.74, 6) is -1.79. The molecule has 0 spiro atoms. The van der Waals surface area contributed by atoms with Gasteiger partial charge in [-0.1, -0.05) is 18.2 Å². The van der Waals surface area contributed by atoms with Crippen LogP contribution in [0.2, 0.25) is 0 Å². The second-order valence-electron chi connectivity index (χ2n) is 6.39. The van der Waals surface area contributed by atoms with Gasteiger partial charge in [0.15, 0.2) is 0 Å². The first-order chi connectivity index (χ1) is 13.0. The molecule has 2 heterocycles. The van der Waals surface area contributed by atoms with Crippen LogP contribution in [-0.4, -0.2) is 37.3 Å². The SMILES string of the molecule is O=C(O)c1csc2cc(N3CCN(c4ccccc4)CC3)c(F)cc2c1=O. The number of piperazine rings is 1. The van der Waals surface area contributed by atoms with Crippen molar-refractivity contribution in [2.24, 2.45) is 0 Å². The number of hydrogen-bond donors (Lipinski definition) is 1. The number of hydrogen-bond acceptors (Lipinski definition) is 5. The highest BCUT2D eigenvalue weighted by Crippen LogP contribution is 2.29. The van der Waals surface area contributed by atoms with E-state index >= 15 is 0 Å². The molecule has 1 aliphatic rings. The average molecular weight is 384 g/mol. The third-order valence-corrected chi connectivity index (χ3v) is 5.76. The van der Waals surface area contributed by atoms with Gasteiger partial charge in [0.1, 0.15) is 11.4 Å². The van der Waals surface area contributed by atoms with Gasteiger partial charge >= 0.3 is 5.97 Å². The summed E-state index contributed by atoms with van der Waals surface area (Å²) in [5, 5.41) is 10.5. The number of benzene rings is 2. The molecule has 0 amide bonds. The molecule has 0 aliphatic carbocycles. The van der Waals surface area contributed by atoms with Gasteiger partial charge in [-0.15, -0.1) is 11.3 Å². The standard InChI is InChI=1S/C20H17FN2O3S/c21-16-10-14-18(27-12-15(19(14)24)20(25)26)11-17(16)23-8-6-22(7-9-23)13-4-2-1-3-5-13/h1-5,10-12H,6-9H2,(H,25,26). The van der Waals surface area contributed by atoms with Crippen molar-refractivity contribution in [3.63, 3.8) is 0 Å². The number of carboxylic acid groups (broad SMARTS) is 1. The van der Waals surface area contributed by atoms with Crippen LogP contribution >= 0.6 is 11.3 Å². The number of fused-ring (bicyclic) bond motifs is 1. The first-order valence-electron chi connectivity index (χ1n) is 8.58. The van der Waals surface area contributed by atoms with E-state index in [0.717, 1.165) is 30.1 Å². The summed E-state index contributed by atoms with van der Waals surface area (Å²) in [6.45, 7) is 2.88. The highest BCUT2D eigenvalue weighted by Gasteiger charge is 2.21. The van der Waals surface area contributed by atoms with Gasteiger partial charge in [0.25, 0.3) is 0 Å². The Labute approximate surface area is 158 Å². The monoisotopic (exact) mass is 384 g/mol. The lowest BCUT2D eigenvalue weighted by Gasteiger charge is -2.37. The van der Waals surface area contributed by atoms with E-state index < -0.39 is 17.2 Å². The molecule has 1 aliphatic heterocycles. The predicted molar refractivity (Wildman–Crippen MR) is 106 cm³/mol. The minimum Gasteiger partial charge on any atom is -0.478 e. The highest BCUT2D eigenvalue weighted by molar-refractivity contribution is 7.16. The molecule has 0 atom stereocenters. The van der Waals surface area contributed by atoms with E-state index in [1.165, 1.54) is 11.4 Å². The summed E-state index contributed by atoms with van der Waals surface area (Å²) in [6, 6.07) is 12.9. The molecule has 0 unspecified atom stereocenters. The van der Waals surface area contributed by atoms with Gasteiger partial charge in [0, 0.05) is 47.3 Å². The number of nitrogens with zero attached hydrogens (tertiary/aromatic N) is 2. The molecule has 0 saturated carbocycles. The molecule has 1 saturated heterocycles. The predicted octanol–water partition coefficient (Wildman–Crippen LogP) is 3.43. The molecule has 27 heavy (non-hydrogen) atoms. The Bertz CT molecular complexity index is 1060. The molecule has 1 N–H and O–H groups in total. The van der Waals surface area contributed by atoms with Crippen molar-refractivity contribution in [1.82, 2.24) is 0 Å². The van der Waals surface area contributed by atoms with Crippen molar-refractivity contribution >= 4 is 38.8 Å². The third-order valence-electron chi connectivity index (χ3n) is 4.81. The molecule has 138 valence electrons. The first kappa shape index (κ1) is 17.5. The van der Waals surface area contributed by atoms with Gasteiger partial charge in [-0.05, 0) is 24.3 Å². The zero-order chi connectivity index (χ0) is 19.0. The van der Waals surface area contributed by atoms with Gasteiger partial charge in [0.2, 0.25) is 5.43 Å². The third kappa shape index (κ3) is 3.26. The van der Waals surface area contributed by atoms with Crippen molar-refractivity contribution in [2.45, 2.75) is 0 Å². The fourth-order valence-corrected chi connectivity index (χ4v) is 4.28. The number of aromatic carboxylic acids is 1. The molecular weight excluding hydrogens is 367 g/mol. The van der Waals surface area contributed by atoms with Crippen LogP contribution in [0, 0.1) is 5.82 Å². The lowest BCUT2D eigenvalue weighted by Crippen LogP contribution is -2.46. The second-order valence-corrected chi connectivity index (χ2v) is 7.30. The molecule has 7 heteroatoms. The van der Waals surface area contributed by atoms with Crippen molar-refractivity contribution in [3.8, 4) is 0 Å². The number of halogens is 1. The number of anilines is 2. The van der Waals surface area contributed by atoms with Gasteiger partial charge in [0.05, 0.1) is 5.69 Å². The lowest BCUT2D eigenvalue weighted by atomic mass is 10.1. The van der Waals surface area contributed by atoms with Crippen LogP contribution < -0.4 is 15.2 Å². The topological polar surface area (TPSA) is 60.9 Å². The molecule has 1 aromatic heterocycles. The molecule has 2 aromatic carbocycles. The van der Waals surface area contributed by atoms with E-state index in [-0.39, 0.29) is 10.9 Å². The summed E-state index contributed by atoms with van der Waals surface area (Å²) in [6.07, 6.45) is 0. The first-order valence-corrected chi connectivity index (χ1v) is 9.46. The Hall–Kier alpha value is -2.93. The van der Waals surface area contributed by atoms with E-state index in [1.807, 2.05) is 23.1 Å². The van der Waals surface area contributed by atoms with Gasteiger partial charge in [-0.25, -0.2) is 9.18 Å². The maximum atomic E-state index is 14.7. The minimum atomic E-state index is -1.29. The highest BCUT2D eigenvalue weighted by atomic mass is 32.1. The van der Waals surface area contributed by atoms with Crippen LogP contribution in [0.4, 0.5) is 15.8 Å². The minimum absolute atomic E-state index is 0.115. The smallest absolute Gasteiger partial charge is 0.340 e. The second kappa shape index (κ2) is 7.00. The average Bonchev–Trinajstić information content (AvgIpc) is 2.69. The Morgan fingerprint density at radius 2 is 1.70 bits per heavy atom. The molecule has 3 aromatic rings. The van der Waals surface area contributed by atoms with Crippen LogP contribution in [0.3, 0.4) is 0 Å². The lowest BCUT2D eigenvalue weighted by molar-refractivity contribution is 0.0696. The quantitative estimate of drug-likeness (QED) is 0.750. The number of carbonyl (C=O) groups is 1. The summed E-state index contributed by atoms with van der Waals surface area (Å²) < 4.78 is 15.3. The van der Waals surface area contributed by atoms with Gasteiger partial charge in [-0.3, -0.25) is 4.79 Å². The van der Waals surface area contributed by atoms with Crippen LogP contribution in [0.1, 0.15) is 10.4 Å². The number of para-hydroxylation sites is 1. The number of rotatable bonds is 3. The zero-order valence-electron chi connectivity index (χ0n) is 14.4. The maximum absolute atomic E-state index is 14.7. The van der Waals surface area contributed by atoms with E-state index in [0.29, 0.717) is 23.5 Å². The molecule has 0 bridgehead atoms. The normalized spacial score (nSPS) is 14.6. The van der Waals surface area contributed by atoms with E-state index in [4.69, 9.17) is 5.11 Å². The van der Waals surface area contributed by atoms with E-state index in [2.05, 4.69) is 17.0 Å². The Balaban J connectivity index is 1.61. The summed E-state index contributed by atoms with van der Waals surface area (Å²) in [5.41, 5.74) is 0.635. The molecular formula is C20H17FN2O3S. The molecule has 1 fully saturated rings. The molecule has 0 radical (unpaired) electrons. The Morgan fingerprint density at radius 3 is 2.37 bits per heavy atom. The fourth-order valence-electron chi connectivity index (χ4n) is 3.37. The van der Waals surface area contributed by atoms with Crippen LogP contribution in [0.15, 0.2) is 52.6 Å². The van der Waals surface area contributed by atoms with Gasteiger partial charge in [-0.2, -0.15) is 0 Å². The largest absolute Gasteiger partial charge is 0.478 e. The van der Waals surface area contributed by atoms with Crippen LogP contribution in [-0.2, 0) is 0 Å². The summed E-state index contributed by atoms with van der Waals surface area (Å²) >= 11 is 1.15.